The van der Waals surface area contributed by atoms with E-state index in [0.717, 1.165) is 38.3 Å². The van der Waals surface area contributed by atoms with Crippen LogP contribution >= 0.6 is 0 Å². The molecule has 17 heavy (non-hydrogen) atoms. The lowest BCUT2D eigenvalue weighted by Gasteiger charge is -2.31. The number of carbonyl (C=O) groups is 1. The molecule has 4 nitrogen and oxygen atoms in total. The second-order valence-corrected chi connectivity index (χ2v) is 5.58. The fourth-order valence-corrected chi connectivity index (χ4v) is 3.00. The van der Waals surface area contributed by atoms with Crippen molar-refractivity contribution in [2.45, 2.75) is 45.1 Å². The highest BCUT2D eigenvalue weighted by Crippen LogP contribution is 2.22. The Kier molecular flexibility index (Phi) is 4.26. The summed E-state index contributed by atoms with van der Waals surface area (Å²) in [6.07, 6.45) is 4.96. The maximum absolute atomic E-state index is 11.0. The lowest BCUT2D eigenvalue weighted by atomic mass is 9.99. The van der Waals surface area contributed by atoms with Crippen LogP contribution in [0.15, 0.2) is 0 Å². The molecule has 2 aliphatic rings. The van der Waals surface area contributed by atoms with E-state index in [4.69, 9.17) is 5.11 Å². The molecular formula is C13H24N2O2. The summed E-state index contributed by atoms with van der Waals surface area (Å²) in [5, 5.41) is 9.07. The van der Waals surface area contributed by atoms with Crippen LogP contribution in [-0.4, -0.2) is 53.2 Å². The molecule has 0 radical (unpaired) electrons. The van der Waals surface area contributed by atoms with E-state index in [1.54, 1.807) is 4.90 Å². The molecule has 0 aliphatic carbocycles. The van der Waals surface area contributed by atoms with E-state index in [1.807, 2.05) is 0 Å². The third-order valence-electron chi connectivity index (χ3n) is 4.28. The van der Waals surface area contributed by atoms with Gasteiger partial charge >= 0.3 is 6.09 Å². The van der Waals surface area contributed by atoms with Gasteiger partial charge in [0.1, 0.15) is 0 Å². The van der Waals surface area contributed by atoms with Gasteiger partial charge in [-0.25, -0.2) is 4.79 Å². The molecule has 2 saturated heterocycles. The molecule has 1 unspecified atom stereocenters. The third kappa shape index (κ3) is 3.35. The van der Waals surface area contributed by atoms with Crippen molar-refractivity contribution in [2.75, 3.05) is 26.2 Å². The quantitative estimate of drug-likeness (QED) is 0.823. The Bertz CT molecular complexity index is 262. The van der Waals surface area contributed by atoms with Crippen molar-refractivity contribution in [2.24, 2.45) is 5.92 Å². The summed E-state index contributed by atoms with van der Waals surface area (Å²) in [6.45, 7) is 6.51. The number of nitrogens with zero attached hydrogens (tertiary/aromatic N) is 2. The molecule has 1 amide bonds. The highest BCUT2D eigenvalue weighted by Gasteiger charge is 2.28. The molecule has 98 valence electrons. The van der Waals surface area contributed by atoms with Gasteiger partial charge in [-0.15, -0.1) is 0 Å². The van der Waals surface area contributed by atoms with Crippen LogP contribution in [0.25, 0.3) is 0 Å². The molecule has 2 aliphatic heterocycles. The van der Waals surface area contributed by atoms with Crippen molar-refractivity contribution >= 4 is 6.09 Å². The summed E-state index contributed by atoms with van der Waals surface area (Å²) >= 11 is 0. The summed E-state index contributed by atoms with van der Waals surface area (Å²) in [4.78, 5) is 15.1. The number of hydrogen-bond acceptors (Lipinski definition) is 2. The second kappa shape index (κ2) is 5.71. The van der Waals surface area contributed by atoms with Gasteiger partial charge in [0.2, 0.25) is 0 Å². The van der Waals surface area contributed by atoms with E-state index in [-0.39, 0.29) is 6.04 Å². The lowest BCUT2D eigenvalue weighted by molar-refractivity contribution is 0.129. The van der Waals surface area contributed by atoms with E-state index >= 15 is 0 Å². The zero-order valence-electron chi connectivity index (χ0n) is 10.8. The van der Waals surface area contributed by atoms with Crippen LogP contribution in [-0.2, 0) is 0 Å². The van der Waals surface area contributed by atoms with Gasteiger partial charge in [-0.05, 0) is 51.1 Å². The fourth-order valence-electron chi connectivity index (χ4n) is 3.00. The molecule has 4 heteroatoms. The molecule has 0 bridgehead atoms. The Morgan fingerprint density at radius 2 is 1.94 bits per heavy atom. The van der Waals surface area contributed by atoms with E-state index in [9.17, 15) is 4.79 Å². The van der Waals surface area contributed by atoms with Crippen molar-refractivity contribution < 1.29 is 9.90 Å². The lowest BCUT2D eigenvalue weighted by Crippen LogP contribution is -2.39. The Balaban J connectivity index is 1.72. The predicted octanol–water partition coefficient (Wildman–Crippen LogP) is 2.25. The van der Waals surface area contributed by atoms with E-state index in [0.29, 0.717) is 0 Å². The van der Waals surface area contributed by atoms with Crippen molar-refractivity contribution in [3.63, 3.8) is 0 Å². The largest absolute Gasteiger partial charge is 0.465 e. The average molecular weight is 240 g/mol. The van der Waals surface area contributed by atoms with Crippen molar-refractivity contribution in [3.05, 3.63) is 0 Å². The van der Waals surface area contributed by atoms with Gasteiger partial charge < -0.3 is 14.9 Å². The number of piperidine rings is 1. The Morgan fingerprint density at radius 1 is 1.24 bits per heavy atom. The van der Waals surface area contributed by atoms with Gasteiger partial charge in [-0.1, -0.05) is 6.92 Å². The zero-order valence-corrected chi connectivity index (χ0v) is 10.8. The SMILES string of the molecule is CC1CCN(CCC2CCCN2C(=O)O)CC1. The Hall–Kier alpha value is -0.770. The molecule has 2 rings (SSSR count). The van der Waals surface area contributed by atoms with E-state index in [2.05, 4.69) is 11.8 Å². The second-order valence-electron chi connectivity index (χ2n) is 5.58. The highest BCUT2D eigenvalue weighted by atomic mass is 16.4. The zero-order chi connectivity index (χ0) is 12.3. The summed E-state index contributed by atoms with van der Waals surface area (Å²) in [5.74, 6) is 0.869. The molecule has 0 spiro atoms. The van der Waals surface area contributed by atoms with Crippen LogP contribution in [0, 0.1) is 5.92 Å². The Labute approximate surface area is 104 Å². The minimum atomic E-state index is -0.736. The van der Waals surface area contributed by atoms with Crippen molar-refractivity contribution in [3.8, 4) is 0 Å². The van der Waals surface area contributed by atoms with Crippen LogP contribution in [0.1, 0.15) is 39.0 Å². The van der Waals surface area contributed by atoms with Crippen molar-refractivity contribution in [1.82, 2.24) is 9.80 Å². The number of likely N-dealkylation sites (tertiary alicyclic amines) is 2. The van der Waals surface area contributed by atoms with Crippen LogP contribution in [0.4, 0.5) is 4.79 Å². The minimum absolute atomic E-state index is 0.270. The smallest absolute Gasteiger partial charge is 0.407 e. The van der Waals surface area contributed by atoms with Gasteiger partial charge in [0.05, 0.1) is 0 Å². The van der Waals surface area contributed by atoms with Crippen LogP contribution in [0.2, 0.25) is 0 Å². The third-order valence-corrected chi connectivity index (χ3v) is 4.28. The molecule has 1 N–H and O–H groups in total. The maximum atomic E-state index is 11.0. The minimum Gasteiger partial charge on any atom is -0.465 e. The van der Waals surface area contributed by atoms with Crippen molar-refractivity contribution in [1.29, 1.82) is 0 Å². The fraction of sp³-hybridized carbons (Fsp3) is 0.923. The Morgan fingerprint density at radius 3 is 2.59 bits per heavy atom. The standard InChI is InChI=1S/C13H24N2O2/c1-11-4-8-14(9-5-11)10-6-12-3-2-7-15(12)13(16)17/h11-12H,2-10H2,1H3,(H,16,17). The first-order valence-corrected chi connectivity index (χ1v) is 6.88. The monoisotopic (exact) mass is 240 g/mol. The molecular weight excluding hydrogens is 216 g/mol. The van der Waals surface area contributed by atoms with Crippen LogP contribution in [0.3, 0.4) is 0 Å². The first-order valence-electron chi connectivity index (χ1n) is 6.88. The summed E-state index contributed by atoms with van der Waals surface area (Å²) in [6, 6.07) is 0.270. The molecule has 0 aromatic rings. The summed E-state index contributed by atoms with van der Waals surface area (Å²) < 4.78 is 0. The van der Waals surface area contributed by atoms with Crippen LogP contribution in [0.5, 0.6) is 0 Å². The number of amides is 1. The maximum Gasteiger partial charge on any atom is 0.407 e. The molecule has 2 fully saturated rings. The molecule has 0 aromatic heterocycles. The number of rotatable bonds is 3. The molecule has 1 atom stereocenters. The molecule has 0 saturated carbocycles. The van der Waals surface area contributed by atoms with Gasteiger partial charge in [0, 0.05) is 19.1 Å². The molecule has 2 heterocycles. The van der Waals surface area contributed by atoms with Gasteiger partial charge in [0.25, 0.3) is 0 Å². The van der Waals surface area contributed by atoms with Gasteiger partial charge in [-0.3, -0.25) is 0 Å². The first-order chi connectivity index (χ1) is 8.16. The topological polar surface area (TPSA) is 43.8 Å². The first kappa shape index (κ1) is 12.7. The summed E-state index contributed by atoms with van der Waals surface area (Å²) in [7, 11) is 0. The highest BCUT2D eigenvalue weighted by molar-refractivity contribution is 5.65. The van der Waals surface area contributed by atoms with E-state index < -0.39 is 6.09 Å². The number of carboxylic acid groups (broad SMARTS) is 1. The normalized spacial score (nSPS) is 27.6. The van der Waals surface area contributed by atoms with Gasteiger partial charge in [0.15, 0.2) is 0 Å². The average Bonchev–Trinajstić information content (AvgIpc) is 2.76. The van der Waals surface area contributed by atoms with E-state index in [1.165, 1.54) is 25.9 Å². The predicted molar refractivity (Wildman–Crippen MR) is 67.2 cm³/mol. The van der Waals surface area contributed by atoms with Gasteiger partial charge in [-0.2, -0.15) is 0 Å². The summed E-state index contributed by atoms with van der Waals surface area (Å²) in [5.41, 5.74) is 0. The van der Waals surface area contributed by atoms with Crippen LogP contribution < -0.4 is 0 Å². The molecule has 0 aromatic carbocycles. The number of hydrogen-bond donors (Lipinski definition) is 1.